The van der Waals surface area contributed by atoms with Crippen LogP contribution in [0.25, 0.3) is 0 Å². The highest BCUT2D eigenvalue weighted by Gasteiger charge is 2.05. The normalized spacial score (nSPS) is 14.1. The highest BCUT2D eigenvalue weighted by molar-refractivity contribution is 5.07. The zero-order chi connectivity index (χ0) is 12.2. The zero-order valence-corrected chi connectivity index (χ0v) is 10.3. The van der Waals surface area contributed by atoms with E-state index in [1.165, 1.54) is 12.8 Å². The van der Waals surface area contributed by atoms with Crippen LogP contribution in [0.2, 0.25) is 0 Å². The largest absolute Gasteiger partial charge is 0.301 e. The second kappa shape index (κ2) is 10.8. The summed E-state index contributed by atoms with van der Waals surface area (Å²) in [4.78, 5) is 1.66. The van der Waals surface area contributed by atoms with Crippen LogP contribution in [0.4, 0.5) is 8.78 Å². The number of allylic oxidation sites excluding steroid dienone is 4. The standard InChI is InChI=1S/C7H15F2N.C6H8/c1-3-4-5-10(2)6-7(8)9;1-2-4-6-5-3-1/h7H,3-6H2,1-2H3;1-4H,5-6H2. The number of hydrogen-bond donors (Lipinski definition) is 0. The predicted octanol–water partition coefficient (Wildman–Crippen LogP) is 3.88. The molecule has 0 unspecified atom stereocenters. The van der Waals surface area contributed by atoms with E-state index in [4.69, 9.17) is 0 Å². The van der Waals surface area contributed by atoms with Gasteiger partial charge in [-0.15, -0.1) is 0 Å². The summed E-state index contributed by atoms with van der Waals surface area (Å²) in [5.41, 5.74) is 0. The minimum absolute atomic E-state index is 0.0972. The fourth-order valence-electron chi connectivity index (χ4n) is 1.30. The Labute approximate surface area is 97.8 Å². The number of alkyl halides is 2. The molecule has 0 aromatic carbocycles. The number of hydrogen-bond acceptors (Lipinski definition) is 1. The fourth-order valence-corrected chi connectivity index (χ4v) is 1.30. The summed E-state index contributed by atoms with van der Waals surface area (Å²) < 4.78 is 23.3. The lowest BCUT2D eigenvalue weighted by Crippen LogP contribution is -2.25. The fraction of sp³-hybridized carbons (Fsp3) is 0.692. The lowest BCUT2D eigenvalue weighted by atomic mass is 10.2. The molecule has 0 radical (unpaired) electrons. The predicted molar refractivity (Wildman–Crippen MR) is 65.9 cm³/mol. The summed E-state index contributed by atoms with van der Waals surface area (Å²) in [7, 11) is 1.72. The molecule has 1 nitrogen and oxygen atoms in total. The van der Waals surface area contributed by atoms with Gasteiger partial charge in [-0.25, -0.2) is 8.78 Å². The van der Waals surface area contributed by atoms with Crippen LogP contribution in [0.5, 0.6) is 0 Å². The molecular weight excluding hydrogens is 208 g/mol. The summed E-state index contributed by atoms with van der Waals surface area (Å²) >= 11 is 0. The van der Waals surface area contributed by atoms with E-state index in [2.05, 4.69) is 31.2 Å². The maximum absolute atomic E-state index is 11.7. The molecule has 1 aliphatic carbocycles. The minimum atomic E-state index is -2.19. The van der Waals surface area contributed by atoms with Gasteiger partial charge in [0.2, 0.25) is 0 Å². The van der Waals surface area contributed by atoms with Crippen LogP contribution >= 0.6 is 0 Å². The second-order valence-corrected chi connectivity index (χ2v) is 3.94. The van der Waals surface area contributed by atoms with Crippen molar-refractivity contribution >= 4 is 0 Å². The zero-order valence-electron chi connectivity index (χ0n) is 10.3. The molecule has 0 amide bonds. The van der Waals surface area contributed by atoms with Crippen molar-refractivity contribution in [3.63, 3.8) is 0 Å². The van der Waals surface area contributed by atoms with Gasteiger partial charge in [-0.05, 0) is 32.9 Å². The molecule has 0 bridgehead atoms. The molecular formula is C13H23F2N. The Morgan fingerprint density at radius 3 is 2.06 bits per heavy atom. The van der Waals surface area contributed by atoms with Crippen molar-refractivity contribution < 1.29 is 8.78 Å². The van der Waals surface area contributed by atoms with Crippen molar-refractivity contribution in [1.82, 2.24) is 4.90 Å². The van der Waals surface area contributed by atoms with Gasteiger partial charge in [0.15, 0.2) is 0 Å². The summed E-state index contributed by atoms with van der Waals surface area (Å²) in [5, 5.41) is 0. The van der Waals surface area contributed by atoms with Gasteiger partial charge in [-0.3, -0.25) is 0 Å². The Hall–Kier alpha value is -0.700. The first-order chi connectivity index (χ1) is 7.66. The van der Waals surface area contributed by atoms with Crippen LogP contribution in [-0.2, 0) is 0 Å². The maximum Gasteiger partial charge on any atom is 0.251 e. The van der Waals surface area contributed by atoms with Gasteiger partial charge >= 0.3 is 0 Å². The summed E-state index contributed by atoms with van der Waals surface area (Å²) in [6, 6.07) is 0. The molecule has 1 rings (SSSR count). The molecule has 0 heterocycles. The van der Waals surface area contributed by atoms with E-state index in [9.17, 15) is 8.78 Å². The molecule has 1 aliphatic rings. The van der Waals surface area contributed by atoms with Gasteiger partial charge in [-0.2, -0.15) is 0 Å². The van der Waals surface area contributed by atoms with Gasteiger partial charge in [0.1, 0.15) is 0 Å². The van der Waals surface area contributed by atoms with Crippen molar-refractivity contribution in [3.05, 3.63) is 24.3 Å². The van der Waals surface area contributed by atoms with E-state index >= 15 is 0 Å². The SMILES string of the molecule is C1=CCCC=C1.CCCCN(C)CC(F)F. The van der Waals surface area contributed by atoms with Gasteiger partial charge in [0, 0.05) is 0 Å². The first-order valence-corrected chi connectivity index (χ1v) is 5.95. The molecule has 16 heavy (non-hydrogen) atoms. The van der Waals surface area contributed by atoms with Gasteiger partial charge < -0.3 is 4.90 Å². The molecule has 0 aromatic heterocycles. The highest BCUT2D eigenvalue weighted by Crippen LogP contribution is 1.98. The summed E-state index contributed by atoms with van der Waals surface area (Å²) in [5.74, 6) is 0. The molecule has 3 heteroatoms. The first kappa shape index (κ1) is 15.3. The van der Waals surface area contributed by atoms with E-state index in [-0.39, 0.29) is 6.54 Å². The van der Waals surface area contributed by atoms with Gasteiger partial charge in [0.25, 0.3) is 6.43 Å². The maximum atomic E-state index is 11.7. The molecule has 0 aromatic rings. The summed E-state index contributed by atoms with van der Waals surface area (Å²) in [6.45, 7) is 2.73. The highest BCUT2D eigenvalue weighted by atomic mass is 19.3. The van der Waals surface area contributed by atoms with Crippen LogP contribution in [0, 0.1) is 0 Å². The molecule has 0 saturated heterocycles. The number of halogens is 2. The molecule has 0 spiro atoms. The van der Waals surface area contributed by atoms with Crippen molar-refractivity contribution in [2.45, 2.75) is 39.0 Å². The van der Waals surface area contributed by atoms with Crippen molar-refractivity contribution in [2.24, 2.45) is 0 Å². The molecule has 0 aliphatic heterocycles. The van der Waals surface area contributed by atoms with Crippen LogP contribution < -0.4 is 0 Å². The van der Waals surface area contributed by atoms with Crippen LogP contribution in [0.1, 0.15) is 32.6 Å². The van der Waals surface area contributed by atoms with Crippen molar-refractivity contribution in [1.29, 1.82) is 0 Å². The van der Waals surface area contributed by atoms with Crippen LogP contribution in [-0.4, -0.2) is 31.5 Å². The van der Waals surface area contributed by atoms with Gasteiger partial charge in [-0.1, -0.05) is 37.6 Å². The Balaban J connectivity index is 0.000000315. The third-order valence-electron chi connectivity index (χ3n) is 2.23. The van der Waals surface area contributed by atoms with Crippen molar-refractivity contribution in [3.8, 4) is 0 Å². The molecule has 94 valence electrons. The van der Waals surface area contributed by atoms with E-state index in [0.29, 0.717) is 0 Å². The van der Waals surface area contributed by atoms with Crippen LogP contribution in [0.3, 0.4) is 0 Å². The number of unbranched alkanes of at least 4 members (excludes halogenated alkanes) is 1. The second-order valence-electron chi connectivity index (χ2n) is 3.94. The number of rotatable bonds is 5. The molecule has 0 atom stereocenters. The van der Waals surface area contributed by atoms with E-state index in [0.717, 1.165) is 19.4 Å². The topological polar surface area (TPSA) is 3.24 Å². The lowest BCUT2D eigenvalue weighted by molar-refractivity contribution is 0.0998. The number of nitrogens with zero attached hydrogens (tertiary/aromatic N) is 1. The third kappa shape index (κ3) is 11.4. The molecule has 0 fully saturated rings. The monoisotopic (exact) mass is 231 g/mol. The van der Waals surface area contributed by atoms with Crippen LogP contribution in [0.15, 0.2) is 24.3 Å². The Morgan fingerprint density at radius 1 is 1.19 bits per heavy atom. The Morgan fingerprint density at radius 2 is 1.75 bits per heavy atom. The molecule has 0 saturated carbocycles. The van der Waals surface area contributed by atoms with E-state index in [1.807, 2.05) is 0 Å². The van der Waals surface area contributed by atoms with E-state index in [1.54, 1.807) is 11.9 Å². The minimum Gasteiger partial charge on any atom is -0.301 e. The van der Waals surface area contributed by atoms with Crippen molar-refractivity contribution in [2.75, 3.05) is 20.1 Å². The molecule has 0 N–H and O–H groups in total. The average molecular weight is 231 g/mol. The first-order valence-electron chi connectivity index (χ1n) is 5.95. The lowest BCUT2D eigenvalue weighted by Gasteiger charge is -2.14. The summed E-state index contributed by atoms with van der Waals surface area (Å²) in [6.07, 6.45) is 10.9. The Kier molecular flexibility index (Phi) is 10.3. The van der Waals surface area contributed by atoms with E-state index < -0.39 is 6.43 Å². The average Bonchev–Trinajstić information content (AvgIpc) is 2.29. The quantitative estimate of drug-likeness (QED) is 0.694. The third-order valence-corrected chi connectivity index (χ3v) is 2.23. The van der Waals surface area contributed by atoms with Gasteiger partial charge in [0.05, 0.1) is 6.54 Å². The smallest absolute Gasteiger partial charge is 0.251 e. The Bertz CT molecular complexity index is 188.